The third kappa shape index (κ3) is 3.50. The van der Waals surface area contributed by atoms with Crippen LogP contribution in [0.25, 0.3) is 10.2 Å². The first-order valence-corrected chi connectivity index (χ1v) is 8.89. The topological polar surface area (TPSA) is 70.6 Å². The molecule has 24 heavy (non-hydrogen) atoms. The molecule has 1 fully saturated rings. The van der Waals surface area contributed by atoms with Crippen molar-refractivity contribution in [2.24, 2.45) is 0 Å². The molecule has 0 aromatic carbocycles. The lowest BCUT2D eigenvalue weighted by molar-refractivity contribution is 0.0306. The molecule has 1 aliphatic heterocycles. The number of aromatic nitrogens is 2. The summed E-state index contributed by atoms with van der Waals surface area (Å²) in [6.45, 7) is 6.18. The summed E-state index contributed by atoms with van der Waals surface area (Å²) in [7, 11) is 4.07. The molecule has 0 bridgehead atoms. The van der Waals surface area contributed by atoms with Gasteiger partial charge in [0.2, 0.25) is 0 Å². The fourth-order valence-electron chi connectivity index (χ4n) is 2.72. The van der Waals surface area contributed by atoms with Gasteiger partial charge in [0, 0.05) is 26.2 Å². The van der Waals surface area contributed by atoms with Crippen molar-refractivity contribution in [2.45, 2.75) is 6.92 Å². The zero-order valence-electron chi connectivity index (χ0n) is 14.3. The normalized spacial score (nSPS) is 15.2. The Kier molecular flexibility index (Phi) is 5.27. The van der Waals surface area contributed by atoms with E-state index in [1.807, 2.05) is 25.9 Å². The zero-order valence-corrected chi connectivity index (χ0v) is 15.2. The second kappa shape index (κ2) is 7.42. The maximum atomic E-state index is 12.8. The van der Waals surface area contributed by atoms with Crippen LogP contribution >= 0.6 is 11.3 Å². The van der Waals surface area contributed by atoms with Gasteiger partial charge in [0.05, 0.1) is 23.5 Å². The molecule has 0 atom stereocenters. The maximum Gasteiger partial charge on any atom is 0.264 e. The van der Waals surface area contributed by atoms with Crippen LogP contribution in [0, 0.1) is 6.92 Å². The zero-order chi connectivity index (χ0) is 17.1. The molecule has 0 spiro atoms. The third-order valence-electron chi connectivity index (χ3n) is 4.07. The van der Waals surface area contributed by atoms with E-state index in [9.17, 15) is 4.79 Å². The highest BCUT2D eigenvalue weighted by molar-refractivity contribution is 7.20. The Morgan fingerprint density at radius 1 is 1.38 bits per heavy atom. The van der Waals surface area contributed by atoms with Gasteiger partial charge in [-0.3, -0.25) is 4.79 Å². The van der Waals surface area contributed by atoms with E-state index in [0.717, 1.165) is 39.6 Å². The standard InChI is InChI=1S/C16H23N5O2S/c1-11-12-14(17-4-5-20(2)3)18-10-19-15(12)24-13(11)16(22)21-6-8-23-9-7-21/h10H,4-9H2,1-3H3,(H,17,18,19). The summed E-state index contributed by atoms with van der Waals surface area (Å²) in [4.78, 5) is 27.1. The molecule has 0 saturated carbocycles. The average Bonchev–Trinajstić information content (AvgIpc) is 2.92. The molecule has 3 rings (SSSR count). The molecule has 3 heterocycles. The van der Waals surface area contributed by atoms with E-state index < -0.39 is 0 Å². The summed E-state index contributed by atoms with van der Waals surface area (Å²) in [6, 6.07) is 0. The van der Waals surface area contributed by atoms with Crippen LogP contribution in [0.1, 0.15) is 15.2 Å². The predicted molar refractivity (Wildman–Crippen MR) is 95.9 cm³/mol. The second-order valence-corrected chi connectivity index (χ2v) is 7.09. The first-order chi connectivity index (χ1) is 11.6. The number of hydrogen-bond acceptors (Lipinski definition) is 7. The Balaban J connectivity index is 1.88. The van der Waals surface area contributed by atoms with Crippen molar-refractivity contribution in [1.82, 2.24) is 19.8 Å². The minimum atomic E-state index is 0.0676. The number of nitrogens with one attached hydrogen (secondary N) is 1. The Labute approximate surface area is 145 Å². The number of thiophene rings is 1. The predicted octanol–water partition coefficient (Wildman–Crippen LogP) is 1.45. The highest BCUT2D eigenvalue weighted by Gasteiger charge is 2.24. The van der Waals surface area contributed by atoms with Crippen LogP contribution in [-0.2, 0) is 4.74 Å². The Morgan fingerprint density at radius 2 is 2.12 bits per heavy atom. The number of aryl methyl sites for hydroxylation is 1. The third-order valence-corrected chi connectivity index (χ3v) is 5.26. The van der Waals surface area contributed by atoms with Crippen LogP contribution in [0.5, 0.6) is 0 Å². The summed E-state index contributed by atoms with van der Waals surface area (Å²) in [5.41, 5.74) is 0.958. The molecular formula is C16H23N5O2S. The number of carbonyl (C=O) groups is 1. The lowest BCUT2D eigenvalue weighted by atomic mass is 10.2. The number of rotatable bonds is 5. The van der Waals surface area contributed by atoms with Gasteiger partial charge >= 0.3 is 0 Å². The lowest BCUT2D eigenvalue weighted by Crippen LogP contribution is -2.40. The number of anilines is 1. The van der Waals surface area contributed by atoms with Gasteiger partial charge in [-0.05, 0) is 26.6 Å². The van der Waals surface area contributed by atoms with E-state index in [-0.39, 0.29) is 5.91 Å². The molecule has 1 amide bonds. The van der Waals surface area contributed by atoms with Crippen molar-refractivity contribution >= 4 is 33.3 Å². The van der Waals surface area contributed by atoms with E-state index in [0.29, 0.717) is 26.3 Å². The lowest BCUT2D eigenvalue weighted by Gasteiger charge is -2.26. The summed E-state index contributed by atoms with van der Waals surface area (Å²) in [5.74, 6) is 0.870. The van der Waals surface area contributed by atoms with Gasteiger partial charge in [-0.15, -0.1) is 11.3 Å². The molecule has 8 heteroatoms. The number of morpholine rings is 1. The van der Waals surface area contributed by atoms with Crippen molar-refractivity contribution in [3.05, 3.63) is 16.8 Å². The number of amides is 1. The van der Waals surface area contributed by atoms with E-state index in [1.54, 1.807) is 6.33 Å². The summed E-state index contributed by atoms with van der Waals surface area (Å²) >= 11 is 1.45. The SMILES string of the molecule is Cc1c(C(=O)N2CCOCC2)sc2ncnc(NCCN(C)C)c12. The van der Waals surface area contributed by atoms with Crippen molar-refractivity contribution in [3.8, 4) is 0 Å². The fourth-order valence-corrected chi connectivity index (χ4v) is 3.83. The van der Waals surface area contributed by atoms with Gasteiger partial charge in [-0.2, -0.15) is 0 Å². The number of ether oxygens (including phenoxy) is 1. The molecule has 7 nitrogen and oxygen atoms in total. The summed E-state index contributed by atoms with van der Waals surface area (Å²) in [5, 5.41) is 4.32. The Morgan fingerprint density at radius 3 is 2.83 bits per heavy atom. The molecule has 0 unspecified atom stereocenters. The molecule has 1 aliphatic rings. The fraction of sp³-hybridized carbons (Fsp3) is 0.562. The van der Waals surface area contributed by atoms with Gasteiger partial charge in [-0.1, -0.05) is 0 Å². The summed E-state index contributed by atoms with van der Waals surface area (Å²) in [6.07, 6.45) is 1.55. The first kappa shape index (κ1) is 17.1. The van der Waals surface area contributed by atoms with Gasteiger partial charge in [0.15, 0.2) is 0 Å². The molecular weight excluding hydrogens is 326 g/mol. The van der Waals surface area contributed by atoms with Crippen LogP contribution < -0.4 is 5.32 Å². The van der Waals surface area contributed by atoms with Crippen LogP contribution in [0.4, 0.5) is 5.82 Å². The minimum Gasteiger partial charge on any atom is -0.378 e. The van der Waals surface area contributed by atoms with Gasteiger partial charge in [-0.25, -0.2) is 9.97 Å². The number of likely N-dealkylation sites (N-methyl/N-ethyl adjacent to an activating group) is 1. The Bertz CT molecular complexity index is 725. The smallest absolute Gasteiger partial charge is 0.264 e. The average molecular weight is 349 g/mol. The monoisotopic (exact) mass is 349 g/mol. The Hall–Kier alpha value is -1.77. The number of hydrogen-bond donors (Lipinski definition) is 1. The molecule has 0 radical (unpaired) electrons. The molecule has 2 aromatic heterocycles. The van der Waals surface area contributed by atoms with E-state index in [2.05, 4.69) is 20.2 Å². The molecule has 130 valence electrons. The van der Waals surface area contributed by atoms with Gasteiger partial charge in [0.25, 0.3) is 5.91 Å². The van der Waals surface area contributed by atoms with Gasteiger partial charge < -0.3 is 19.9 Å². The van der Waals surface area contributed by atoms with Crippen LogP contribution in [0.3, 0.4) is 0 Å². The van der Waals surface area contributed by atoms with Crippen molar-refractivity contribution in [1.29, 1.82) is 0 Å². The molecule has 1 saturated heterocycles. The van der Waals surface area contributed by atoms with Crippen molar-refractivity contribution in [2.75, 3.05) is 58.8 Å². The highest BCUT2D eigenvalue weighted by Crippen LogP contribution is 2.34. The number of nitrogens with zero attached hydrogens (tertiary/aromatic N) is 4. The quantitative estimate of drug-likeness (QED) is 0.881. The molecule has 1 N–H and O–H groups in total. The van der Waals surface area contributed by atoms with E-state index >= 15 is 0 Å². The van der Waals surface area contributed by atoms with Crippen molar-refractivity contribution < 1.29 is 9.53 Å². The van der Waals surface area contributed by atoms with E-state index in [1.165, 1.54) is 11.3 Å². The van der Waals surface area contributed by atoms with E-state index in [4.69, 9.17) is 4.74 Å². The summed E-state index contributed by atoms with van der Waals surface area (Å²) < 4.78 is 5.33. The largest absolute Gasteiger partial charge is 0.378 e. The number of carbonyl (C=O) groups excluding carboxylic acids is 1. The van der Waals surface area contributed by atoms with Gasteiger partial charge in [0.1, 0.15) is 17.0 Å². The molecule has 2 aromatic rings. The van der Waals surface area contributed by atoms with Crippen molar-refractivity contribution in [3.63, 3.8) is 0 Å². The maximum absolute atomic E-state index is 12.8. The molecule has 0 aliphatic carbocycles. The first-order valence-electron chi connectivity index (χ1n) is 8.07. The van der Waals surface area contributed by atoms with Crippen LogP contribution in [-0.4, -0.2) is 79.2 Å². The van der Waals surface area contributed by atoms with Crippen LogP contribution in [0.2, 0.25) is 0 Å². The minimum absolute atomic E-state index is 0.0676. The highest BCUT2D eigenvalue weighted by atomic mass is 32.1. The second-order valence-electron chi connectivity index (χ2n) is 6.09. The van der Waals surface area contributed by atoms with Crippen LogP contribution in [0.15, 0.2) is 6.33 Å². The number of fused-ring (bicyclic) bond motifs is 1.